The van der Waals surface area contributed by atoms with Crippen LogP contribution < -0.4 is 10.1 Å². The predicted octanol–water partition coefficient (Wildman–Crippen LogP) is 2.26. The van der Waals surface area contributed by atoms with Gasteiger partial charge in [0.25, 0.3) is 6.01 Å². The molecule has 2 rings (SSSR count). The van der Waals surface area contributed by atoms with Crippen molar-refractivity contribution in [1.29, 1.82) is 0 Å². The van der Waals surface area contributed by atoms with Crippen molar-refractivity contribution in [2.75, 3.05) is 12.4 Å². The van der Waals surface area contributed by atoms with E-state index in [-0.39, 0.29) is 17.5 Å². The Bertz CT molecular complexity index is 582. The molecule has 1 heterocycles. The molecule has 1 aromatic heterocycles. The molecule has 2 N–H and O–H groups in total. The second-order valence-electron chi connectivity index (χ2n) is 3.31. The van der Waals surface area contributed by atoms with Gasteiger partial charge in [-0.1, -0.05) is 0 Å². The van der Waals surface area contributed by atoms with Gasteiger partial charge in [-0.25, -0.2) is 9.18 Å². The Morgan fingerprint density at radius 2 is 2.33 bits per heavy atom. The van der Waals surface area contributed by atoms with E-state index in [4.69, 9.17) is 14.3 Å². The van der Waals surface area contributed by atoms with Crippen molar-refractivity contribution in [3.63, 3.8) is 0 Å². The topological polar surface area (TPSA) is 84.6 Å². The van der Waals surface area contributed by atoms with Gasteiger partial charge in [-0.15, -0.1) is 0 Å². The standard InChI is InChI=1S/C11H9FN2O4/c1-17-9-4-6(12)2-3-7(9)13-11-14-8(5-18-11)10(15)16/h2-5H,1H3,(H,13,14)(H,15,16). The van der Waals surface area contributed by atoms with Crippen LogP contribution >= 0.6 is 0 Å². The molecule has 0 saturated carbocycles. The van der Waals surface area contributed by atoms with Crippen molar-refractivity contribution in [3.05, 3.63) is 36.0 Å². The van der Waals surface area contributed by atoms with Crippen LogP contribution in [0.5, 0.6) is 5.75 Å². The van der Waals surface area contributed by atoms with Gasteiger partial charge in [0.1, 0.15) is 17.8 Å². The lowest BCUT2D eigenvalue weighted by atomic mass is 10.3. The Balaban J connectivity index is 2.25. The maximum atomic E-state index is 13.0. The summed E-state index contributed by atoms with van der Waals surface area (Å²) in [5, 5.41) is 11.4. The highest BCUT2D eigenvalue weighted by atomic mass is 19.1. The first-order valence-corrected chi connectivity index (χ1v) is 4.89. The number of hydrogen-bond acceptors (Lipinski definition) is 5. The lowest BCUT2D eigenvalue weighted by Gasteiger charge is -2.07. The van der Waals surface area contributed by atoms with Crippen LogP contribution in [0, 0.1) is 5.82 Å². The van der Waals surface area contributed by atoms with E-state index < -0.39 is 11.8 Å². The lowest BCUT2D eigenvalue weighted by molar-refractivity contribution is 0.0690. The molecule has 0 unspecified atom stereocenters. The first-order chi connectivity index (χ1) is 8.60. The average molecular weight is 252 g/mol. The fraction of sp³-hybridized carbons (Fsp3) is 0.0909. The maximum absolute atomic E-state index is 13.0. The second-order valence-corrected chi connectivity index (χ2v) is 3.31. The first kappa shape index (κ1) is 11.9. The van der Waals surface area contributed by atoms with Crippen LogP contribution in [0.15, 0.2) is 28.9 Å². The van der Waals surface area contributed by atoms with Crippen molar-refractivity contribution < 1.29 is 23.4 Å². The molecule has 0 spiro atoms. The molecule has 94 valence electrons. The summed E-state index contributed by atoms with van der Waals surface area (Å²) >= 11 is 0. The lowest BCUT2D eigenvalue weighted by Crippen LogP contribution is -1.98. The van der Waals surface area contributed by atoms with E-state index in [1.54, 1.807) is 0 Å². The molecule has 7 heteroatoms. The van der Waals surface area contributed by atoms with Crippen LogP contribution in [0.25, 0.3) is 0 Å². The minimum absolute atomic E-state index is 0.0164. The Labute approximate surface area is 101 Å². The van der Waals surface area contributed by atoms with Crippen molar-refractivity contribution in [2.45, 2.75) is 0 Å². The van der Waals surface area contributed by atoms with E-state index in [9.17, 15) is 9.18 Å². The van der Waals surface area contributed by atoms with E-state index in [0.29, 0.717) is 5.69 Å². The fourth-order valence-corrected chi connectivity index (χ4v) is 1.31. The minimum Gasteiger partial charge on any atom is -0.494 e. The zero-order valence-corrected chi connectivity index (χ0v) is 9.31. The Morgan fingerprint density at radius 1 is 1.56 bits per heavy atom. The second kappa shape index (κ2) is 4.74. The molecule has 1 aromatic carbocycles. The van der Waals surface area contributed by atoms with Crippen molar-refractivity contribution in [3.8, 4) is 5.75 Å². The number of nitrogens with zero attached hydrogens (tertiary/aromatic N) is 1. The van der Waals surface area contributed by atoms with Crippen LogP contribution in [0.1, 0.15) is 10.5 Å². The predicted molar refractivity (Wildman–Crippen MR) is 59.7 cm³/mol. The summed E-state index contributed by atoms with van der Waals surface area (Å²) in [6, 6.07) is 3.82. The van der Waals surface area contributed by atoms with Crippen molar-refractivity contribution in [1.82, 2.24) is 4.98 Å². The maximum Gasteiger partial charge on any atom is 0.357 e. The summed E-state index contributed by atoms with van der Waals surface area (Å²) in [7, 11) is 1.39. The number of carboxylic acids is 1. The number of anilines is 2. The molecule has 0 saturated heterocycles. The van der Waals surface area contributed by atoms with E-state index in [2.05, 4.69) is 10.3 Å². The van der Waals surface area contributed by atoms with Gasteiger partial charge < -0.3 is 19.6 Å². The fourth-order valence-electron chi connectivity index (χ4n) is 1.31. The van der Waals surface area contributed by atoms with E-state index >= 15 is 0 Å². The number of hydrogen-bond donors (Lipinski definition) is 2. The monoisotopic (exact) mass is 252 g/mol. The molecular formula is C11H9FN2O4. The molecule has 0 fully saturated rings. The number of benzene rings is 1. The molecule has 0 radical (unpaired) electrons. The van der Waals surface area contributed by atoms with Crippen LogP contribution in [0.2, 0.25) is 0 Å². The van der Waals surface area contributed by atoms with Crippen LogP contribution in [0.4, 0.5) is 16.1 Å². The molecule has 0 aliphatic heterocycles. The highest BCUT2D eigenvalue weighted by molar-refractivity contribution is 5.85. The number of carbonyl (C=O) groups is 1. The third kappa shape index (κ3) is 2.40. The first-order valence-electron chi connectivity index (χ1n) is 4.89. The van der Waals surface area contributed by atoms with Crippen LogP contribution in [-0.2, 0) is 0 Å². The number of carboxylic acid groups (broad SMARTS) is 1. The Morgan fingerprint density at radius 3 is 2.94 bits per heavy atom. The minimum atomic E-state index is -1.20. The molecule has 18 heavy (non-hydrogen) atoms. The van der Waals surface area contributed by atoms with Gasteiger partial charge in [0.15, 0.2) is 5.69 Å². The smallest absolute Gasteiger partial charge is 0.357 e. The number of halogens is 1. The molecule has 6 nitrogen and oxygen atoms in total. The molecule has 0 aliphatic carbocycles. The summed E-state index contributed by atoms with van der Waals surface area (Å²) in [5.41, 5.74) is 0.191. The molecule has 0 bridgehead atoms. The van der Waals surface area contributed by atoms with Gasteiger partial charge in [0, 0.05) is 6.07 Å². The van der Waals surface area contributed by atoms with Crippen LogP contribution in [0.3, 0.4) is 0 Å². The number of nitrogens with one attached hydrogen (secondary N) is 1. The van der Waals surface area contributed by atoms with Gasteiger partial charge in [-0.2, -0.15) is 4.98 Å². The molecule has 0 aliphatic rings. The summed E-state index contributed by atoms with van der Waals surface area (Å²) in [4.78, 5) is 14.3. The zero-order valence-electron chi connectivity index (χ0n) is 9.31. The molecule has 0 atom stereocenters. The quantitative estimate of drug-likeness (QED) is 0.868. The summed E-state index contributed by atoms with van der Waals surface area (Å²) in [5.74, 6) is -1.39. The number of methoxy groups -OCH3 is 1. The normalized spacial score (nSPS) is 10.1. The summed E-state index contributed by atoms with van der Waals surface area (Å²) < 4.78 is 22.8. The number of rotatable bonds is 4. The van der Waals surface area contributed by atoms with Gasteiger partial charge >= 0.3 is 5.97 Å². The van der Waals surface area contributed by atoms with Gasteiger partial charge in [-0.3, -0.25) is 0 Å². The molecule has 2 aromatic rings. The number of ether oxygens (including phenoxy) is 1. The number of aromatic nitrogens is 1. The average Bonchev–Trinajstić information content (AvgIpc) is 2.80. The van der Waals surface area contributed by atoms with E-state index in [0.717, 1.165) is 6.26 Å². The zero-order chi connectivity index (χ0) is 13.1. The largest absolute Gasteiger partial charge is 0.494 e. The summed E-state index contributed by atoms with van der Waals surface area (Å²) in [6.07, 6.45) is 1.00. The highest BCUT2D eigenvalue weighted by Crippen LogP contribution is 2.27. The Kier molecular flexibility index (Phi) is 3.13. The van der Waals surface area contributed by atoms with Gasteiger partial charge in [-0.05, 0) is 12.1 Å². The highest BCUT2D eigenvalue weighted by Gasteiger charge is 2.12. The molecule has 0 amide bonds. The van der Waals surface area contributed by atoms with Crippen LogP contribution in [-0.4, -0.2) is 23.2 Å². The van der Waals surface area contributed by atoms with Crippen molar-refractivity contribution >= 4 is 17.7 Å². The van der Waals surface area contributed by atoms with E-state index in [1.165, 1.54) is 25.3 Å². The SMILES string of the molecule is COc1cc(F)ccc1Nc1nc(C(=O)O)co1. The number of aromatic carboxylic acids is 1. The van der Waals surface area contributed by atoms with Crippen molar-refractivity contribution in [2.24, 2.45) is 0 Å². The Hall–Kier alpha value is -2.57. The third-order valence-corrected chi connectivity index (χ3v) is 2.13. The molecular weight excluding hydrogens is 243 g/mol. The third-order valence-electron chi connectivity index (χ3n) is 2.13. The van der Waals surface area contributed by atoms with Gasteiger partial charge in [0.2, 0.25) is 0 Å². The number of oxazole rings is 1. The summed E-state index contributed by atoms with van der Waals surface area (Å²) in [6.45, 7) is 0. The van der Waals surface area contributed by atoms with E-state index in [1.807, 2.05) is 0 Å². The van der Waals surface area contributed by atoms with Gasteiger partial charge in [0.05, 0.1) is 12.8 Å².